The van der Waals surface area contributed by atoms with E-state index in [-0.39, 0.29) is 6.42 Å². The second-order valence-electron chi connectivity index (χ2n) is 6.43. The highest BCUT2D eigenvalue weighted by atomic mass is 16.4. The predicted octanol–water partition coefficient (Wildman–Crippen LogP) is 0.975. The van der Waals surface area contributed by atoms with E-state index >= 15 is 0 Å². The molecule has 0 aromatic carbocycles. The van der Waals surface area contributed by atoms with E-state index in [0.29, 0.717) is 6.54 Å². The van der Waals surface area contributed by atoms with Gasteiger partial charge in [0.15, 0.2) is 0 Å². The molecule has 7 heteroatoms. The lowest BCUT2D eigenvalue weighted by atomic mass is 9.72. The zero-order valence-electron chi connectivity index (χ0n) is 12.7. The topological polar surface area (TPSA) is 122 Å². The van der Waals surface area contributed by atoms with E-state index in [1.807, 2.05) is 0 Å². The Hall–Kier alpha value is -1.79. The Morgan fingerprint density at radius 3 is 2.24 bits per heavy atom. The molecule has 0 spiro atoms. The second kappa shape index (κ2) is 6.78. The van der Waals surface area contributed by atoms with Crippen LogP contribution in [0.15, 0.2) is 0 Å². The number of nitrogens with two attached hydrogens (primary N) is 1. The molecule has 0 bridgehead atoms. The average Bonchev–Trinajstić information content (AvgIpc) is 2.36. The van der Waals surface area contributed by atoms with E-state index in [4.69, 9.17) is 10.8 Å². The number of nitrogens with one attached hydrogen (secondary N) is 2. The van der Waals surface area contributed by atoms with Gasteiger partial charge in [-0.15, -0.1) is 0 Å². The fourth-order valence-corrected chi connectivity index (χ4v) is 2.70. The summed E-state index contributed by atoms with van der Waals surface area (Å²) in [6, 6.07) is -0.505. The normalized spacial score (nSPS) is 17.8. The maximum Gasteiger partial charge on any atom is 0.315 e. The number of carboxylic acids is 1. The Balaban J connectivity index is 2.59. The number of hydrogen-bond acceptors (Lipinski definition) is 3. The Labute approximate surface area is 124 Å². The first kappa shape index (κ1) is 17.3. The zero-order valence-corrected chi connectivity index (χ0v) is 12.7. The van der Waals surface area contributed by atoms with Gasteiger partial charge in [-0.1, -0.05) is 19.3 Å². The molecule has 0 aliphatic heterocycles. The van der Waals surface area contributed by atoms with Crippen LogP contribution in [0.1, 0.15) is 52.4 Å². The molecule has 1 aliphatic rings. The van der Waals surface area contributed by atoms with Gasteiger partial charge in [0.1, 0.15) is 5.54 Å². The summed E-state index contributed by atoms with van der Waals surface area (Å²) >= 11 is 0. The maximum absolute atomic E-state index is 11.9. The third-order valence-electron chi connectivity index (χ3n) is 4.11. The van der Waals surface area contributed by atoms with Crippen LogP contribution in [0.25, 0.3) is 0 Å². The van der Waals surface area contributed by atoms with Gasteiger partial charge < -0.3 is 21.5 Å². The monoisotopic (exact) mass is 299 g/mol. The van der Waals surface area contributed by atoms with Crippen molar-refractivity contribution >= 4 is 17.9 Å². The molecule has 1 fully saturated rings. The van der Waals surface area contributed by atoms with Gasteiger partial charge >= 0.3 is 12.0 Å². The first-order valence-electron chi connectivity index (χ1n) is 7.25. The summed E-state index contributed by atoms with van der Waals surface area (Å²) in [6.07, 6.45) is 4.68. The van der Waals surface area contributed by atoms with Crippen LogP contribution >= 0.6 is 0 Å². The van der Waals surface area contributed by atoms with Crippen LogP contribution in [0.3, 0.4) is 0 Å². The minimum Gasteiger partial charge on any atom is -0.481 e. The number of rotatable bonds is 6. The first-order valence-corrected chi connectivity index (χ1v) is 7.25. The number of carbonyl (C=O) groups is 3. The van der Waals surface area contributed by atoms with Crippen LogP contribution in [0.4, 0.5) is 4.79 Å². The van der Waals surface area contributed by atoms with Crippen molar-refractivity contribution in [3.8, 4) is 0 Å². The third kappa shape index (κ3) is 5.24. The van der Waals surface area contributed by atoms with Crippen LogP contribution < -0.4 is 16.4 Å². The van der Waals surface area contributed by atoms with E-state index in [2.05, 4.69) is 10.6 Å². The maximum atomic E-state index is 11.9. The Morgan fingerprint density at radius 1 is 1.19 bits per heavy atom. The lowest BCUT2D eigenvalue weighted by Gasteiger charge is -2.36. The van der Waals surface area contributed by atoms with Crippen LogP contribution in [0, 0.1) is 5.41 Å². The summed E-state index contributed by atoms with van der Waals surface area (Å²) in [5.41, 5.74) is 3.66. The second-order valence-corrected chi connectivity index (χ2v) is 6.43. The molecular formula is C14H25N3O4. The molecule has 1 aliphatic carbocycles. The summed E-state index contributed by atoms with van der Waals surface area (Å²) in [5.74, 6) is -1.48. The van der Waals surface area contributed by atoms with E-state index in [0.717, 1.165) is 32.1 Å². The minimum atomic E-state index is -1.14. The van der Waals surface area contributed by atoms with E-state index in [1.54, 1.807) is 0 Å². The molecule has 1 rings (SSSR count). The van der Waals surface area contributed by atoms with Gasteiger partial charge in [-0.05, 0) is 32.1 Å². The molecule has 0 aromatic rings. The molecule has 0 aromatic heterocycles. The first-order chi connectivity index (χ1) is 9.67. The Kier molecular flexibility index (Phi) is 5.57. The third-order valence-corrected chi connectivity index (χ3v) is 4.11. The van der Waals surface area contributed by atoms with E-state index < -0.39 is 28.9 Å². The van der Waals surface area contributed by atoms with Crippen LogP contribution in [-0.4, -0.2) is 35.1 Å². The molecule has 1 saturated carbocycles. The van der Waals surface area contributed by atoms with Crippen LogP contribution in [-0.2, 0) is 9.59 Å². The molecule has 0 radical (unpaired) electrons. The lowest BCUT2D eigenvalue weighted by molar-refractivity contribution is -0.140. The minimum absolute atomic E-state index is 0.0481. The quantitative estimate of drug-likeness (QED) is 0.584. The molecule has 21 heavy (non-hydrogen) atoms. The van der Waals surface area contributed by atoms with Gasteiger partial charge in [0.2, 0.25) is 5.91 Å². The summed E-state index contributed by atoms with van der Waals surface area (Å²) in [7, 11) is 0. The summed E-state index contributed by atoms with van der Waals surface area (Å²) in [4.78, 5) is 34.1. The molecule has 0 unspecified atom stereocenters. The van der Waals surface area contributed by atoms with Crippen LogP contribution in [0.5, 0.6) is 0 Å². The number of primary amides is 1. The predicted molar refractivity (Wildman–Crippen MR) is 77.6 cm³/mol. The summed E-state index contributed by atoms with van der Waals surface area (Å²) in [6.45, 7) is 3.32. The lowest BCUT2D eigenvalue weighted by Crippen LogP contribution is -2.56. The number of hydrogen-bond donors (Lipinski definition) is 4. The molecule has 120 valence electrons. The van der Waals surface area contributed by atoms with Gasteiger partial charge in [0.25, 0.3) is 0 Å². The fraction of sp³-hybridized carbons (Fsp3) is 0.786. The van der Waals surface area contributed by atoms with Crippen molar-refractivity contribution in [3.63, 3.8) is 0 Å². The van der Waals surface area contributed by atoms with Crippen molar-refractivity contribution in [1.29, 1.82) is 0 Å². The largest absolute Gasteiger partial charge is 0.481 e. The molecule has 0 saturated heterocycles. The molecular weight excluding hydrogens is 274 g/mol. The molecule has 5 N–H and O–H groups in total. The highest BCUT2D eigenvalue weighted by molar-refractivity contribution is 5.89. The highest BCUT2D eigenvalue weighted by Crippen LogP contribution is 2.38. The standard InChI is InChI=1S/C14H25N3O4/c1-13(2,11(15)20)17-12(21)16-9-14(8-10(18)19)6-4-3-5-7-14/h3-9H2,1-2H3,(H2,15,20)(H,18,19)(H2,16,17,21). The summed E-state index contributed by atoms with van der Waals surface area (Å²) < 4.78 is 0. The van der Waals surface area contributed by atoms with Crippen molar-refractivity contribution in [2.75, 3.05) is 6.54 Å². The van der Waals surface area contributed by atoms with Crippen molar-refractivity contribution in [2.24, 2.45) is 11.1 Å². The average molecular weight is 299 g/mol. The fourth-order valence-electron chi connectivity index (χ4n) is 2.70. The highest BCUT2D eigenvalue weighted by Gasteiger charge is 2.35. The van der Waals surface area contributed by atoms with Crippen molar-refractivity contribution in [3.05, 3.63) is 0 Å². The number of urea groups is 1. The summed E-state index contributed by atoms with van der Waals surface area (Å²) in [5, 5.41) is 14.2. The van der Waals surface area contributed by atoms with Crippen molar-refractivity contribution < 1.29 is 19.5 Å². The zero-order chi connectivity index (χ0) is 16.1. The number of carboxylic acid groups (broad SMARTS) is 1. The van der Waals surface area contributed by atoms with Crippen molar-refractivity contribution in [1.82, 2.24) is 10.6 Å². The molecule has 7 nitrogen and oxygen atoms in total. The number of aliphatic carboxylic acids is 1. The van der Waals surface area contributed by atoms with Gasteiger partial charge in [0, 0.05) is 6.54 Å². The van der Waals surface area contributed by atoms with Gasteiger partial charge in [0.05, 0.1) is 6.42 Å². The van der Waals surface area contributed by atoms with Crippen LogP contribution in [0.2, 0.25) is 0 Å². The van der Waals surface area contributed by atoms with Gasteiger partial charge in [-0.3, -0.25) is 9.59 Å². The number of amides is 3. The molecule has 0 heterocycles. The molecule has 3 amide bonds. The smallest absolute Gasteiger partial charge is 0.315 e. The van der Waals surface area contributed by atoms with E-state index in [1.165, 1.54) is 13.8 Å². The van der Waals surface area contributed by atoms with Crippen molar-refractivity contribution in [2.45, 2.75) is 57.9 Å². The molecule has 0 atom stereocenters. The SMILES string of the molecule is CC(C)(NC(=O)NCC1(CC(=O)O)CCCCC1)C(N)=O. The van der Waals surface area contributed by atoms with Gasteiger partial charge in [-0.2, -0.15) is 0 Å². The Bertz CT molecular complexity index is 414. The Morgan fingerprint density at radius 2 is 1.76 bits per heavy atom. The van der Waals surface area contributed by atoms with Gasteiger partial charge in [-0.25, -0.2) is 4.79 Å². The van der Waals surface area contributed by atoms with E-state index in [9.17, 15) is 14.4 Å². The number of carbonyl (C=O) groups excluding carboxylic acids is 2.